The Morgan fingerprint density at radius 2 is 2.11 bits per heavy atom. The fraction of sp³-hybridized carbons (Fsp3) is 0.500. The molecule has 2 rings (SSSR count). The molecule has 2 aromatic heterocycles. The maximum atomic E-state index is 5.47. The summed E-state index contributed by atoms with van der Waals surface area (Å²) in [5.74, 6) is 0.605. The van der Waals surface area contributed by atoms with Gasteiger partial charge in [-0.1, -0.05) is 18.9 Å². The SMILES string of the molecule is Cc1ccc(CNc2nnc(CNC(C)C)o2)s1. The van der Waals surface area contributed by atoms with Crippen molar-refractivity contribution >= 4 is 17.4 Å². The van der Waals surface area contributed by atoms with Gasteiger partial charge < -0.3 is 15.1 Å². The lowest BCUT2D eigenvalue weighted by Gasteiger charge is -2.03. The Kier molecular flexibility index (Phi) is 4.33. The van der Waals surface area contributed by atoms with E-state index in [-0.39, 0.29) is 0 Å². The van der Waals surface area contributed by atoms with Gasteiger partial charge in [0.15, 0.2) is 0 Å². The van der Waals surface area contributed by atoms with Crippen molar-refractivity contribution in [1.29, 1.82) is 0 Å². The van der Waals surface area contributed by atoms with E-state index >= 15 is 0 Å². The number of hydrogen-bond acceptors (Lipinski definition) is 6. The number of rotatable bonds is 6. The highest BCUT2D eigenvalue weighted by molar-refractivity contribution is 7.11. The highest BCUT2D eigenvalue weighted by Crippen LogP contribution is 2.16. The van der Waals surface area contributed by atoms with E-state index in [0.29, 0.717) is 24.5 Å². The number of thiophene rings is 1. The predicted octanol–water partition coefficient (Wildman–Crippen LogP) is 2.55. The van der Waals surface area contributed by atoms with Crippen molar-refractivity contribution in [2.24, 2.45) is 0 Å². The molecule has 0 saturated heterocycles. The summed E-state index contributed by atoms with van der Waals surface area (Å²) in [6.07, 6.45) is 0. The van der Waals surface area contributed by atoms with E-state index in [9.17, 15) is 0 Å². The highest BCUT2D eigenvalue weighted by Gasteiger charge is 2.06. The maximum absolute atomic E-state index is 5.47. The lowest BCUT2D eigenvalue weighted by atomic mass is 10.4. The monoisotopic (exact) mass is 266 g/mol. The molecule has 0 bridgehead atoms. The molecule has 0 fully saturated rings. The third-order valence-corrected chi connectivity index (χ3v) is 3.34. The molecule has 98 valence electrons. The maximum Gasteiger partial charge on any atom is 0.315 e. The summed E-state index contributed by atoms with van der Waals surface area (Å²) in [5.41, 5.74) is 0. The number of anilines is 1. The van der Waals surface area contributed by atoms with Gasteiger partial charge in [0.2, 0.25) is 5.89 Å². The topological polar surface area (TPSA) is 63.0 Å². The summed E-state index contributed by atoms with van der Waals surface area (Å²) >= 11 is 1.76. The molecule has 0 aliphatic heterocycles. The lowest BCUT2D eigenvalue weighted by molar-refractivity contribution is 0.458. The minimum atomic E-state index is 0.405. The molecular formula is C12H18N4OS. The molecule has 2 N–H and O–H groups in total. The zero-order valence-electron chi connectivity index (χ0n) is 10.9. The zero-order valence-corrected chi connectivity index (χ0v) is 11.7. The van der Waals surface area contributed by atoms with Crippen molar-refractivity contribution in [3.63, 3.8) is 0 Å². The predicted molar refractivity (Wildman–Crippen MR) is 72.7 cm³/mol. The molecule has 5 nitrogen and oxygen atoms in total. The van der Waals surface area contributed by atoms with Gasteiger partial charge in [0.25, 0.3) is 0 Å². The summed E-state index contributed by atoms with van der Waals surface area (Å²) < 4.78 is 5.47. The van der Waals surface area contributed by atoms with Crippen molar-refractivity contribution in [2.45, 2.75) is 39.9 Å². The van der Waals surface area contributed by atoms with Gasteiger partial charge in [-0.25, -0.2) is 0 Å². The summed E-state index contributed by atoms with van der Waals surface area (Å²) in [6, 6.07) is 5.09. The van der Waals surface area contributed by atoms with E-state index in [2.05, 4.69) is 53.7 Å². The van der Waals surface area contributed by atoms with Crippen LogP contribution >= 0.6 is 11.3 Å². The molecule has 18 heavy (non-hydrogen) atoms. The summed E-state index contributed by atoms with van der Waals surface area (Å²) in [4.78, 5) is 2.56. The van der Waals surface area contributed by atoms with Crippen LogP contribution in [-0.2, 0) is 13.1 Å². The average Bonchev–Trinajstić information content (AvgIpc) is 2.93. The van der Waals surface area contributed by atoms with Crippen molar-refractivity contribution in [3.8, 4) is 0 Å². The number of aromatic nitrogens is 2. The van der Waals surface area contributed by atoms with Gasteiger partial charge in [-0.3, -0.25) is 0 Å². The van der Waals surface area contributed by atoms with Gasteiger partial charge in [-0.05, 0) is 19.1 Å². The molecule has 2 aromatic rings. The molecule has 0 radical (unpaired) electrons. The van der Waals surface area contributed by atoms with Crippen LogP contribution in [0.1, 0.15) is 29.5 Å². The van der Waals surface area contributed by atoms with Crippen LogP contribution in [0.3, 0.4) is 0 Å². The Bertz CT molecular complexity index is 492. The minimum absolute atomic E-state index is 0.405. The molecule has 0 spiro atoms. The molecule has 0 aromatic carbocycles. The summed E-state index contributed by atoms with van der Waals surface area (Å²) in [6.45, 7) is 7.57. The van der Waals surface area contributed by atoms with Crippen molar-refractivity contribution in [1.82, 2.24) is 15.5 Å². The van der Waals surface area contributed by atoms with E-state index in [1.165, 1.54) is 9.75 Å². The first kappa shape index (κ1) is 13.0. The van der Waals surface area contributed by atoms with Crippen molar-refractivity contribution in [2.75, 3.05) is 5.32 Å². The fourth-order valence-corrected chi connectivity index (χ4v) is 2.26. The van der Waals surface area contributed by atoms with Crippen LogP contribution in [0.15, 0.2) is 16.5 Å². The minimum Gasteiger partial charge on any atom is -0.407 e. The summed E-state index contributed by atoms with van der Waals surface area (Å²) in [5, 5.41) is 14.3. The largest absolute Gasteiger partial charge is 0.407 e. The van der Waals surface area contributed by atoms with Crippen LogP contribution in [0, 0.1) is 6.92 Å². The Labute approximate surface area is 111 Å². The van der Waals surface area contributed by atoms with Gasteiger partial charge in [0, 0.05) is 15.8 Å². The van der Waals surface area contributed by atoms with E-state index in [4.69, 9.17) is 4.42 Å². The zero-order chi connectivity index (χ0) is 13.0. The Hall–Kier alpha value is -1.40. The first-order chi connectivity index (χ1) is 8.63. The lowest BCUT2D eigenvalue weighted by Crippen LogP contribution is -2.21. The van der Waals surface area contributed by atoms with Crippen LogP contribution in [-0.4, -0.2) is 16.2 Å². The molecule has 0 saturated carbocycles. The second-order valence-corrected chi connectivity index (χ2v) is 5.77. The van der Waals surface area contributed by atoms with Crippen molar-refractivity contribution in [3.05, 3.63) is 27.8 Å². The van der Waals surface area contributed by atoms with Crippen molar-refractivity contribution < 1.29 is 4.42 Å². The second-order valence-electron chi connectivity index (χ2n) is 4.40. The van der Waals surface area contributed by atoms with Crippen LogP contribution in [0.2, 0.25) is 0 Å². The molecule has 0 unspecified atom stereocenters. The van der Waals surface area contributed by atoms with Gasteiger partial charge in [0.1, 0.15) is 0 Å². The highest BCUT2D eigenvalue weighted by atomic mass is 32.1. The van der Waals surface area contributed by atoms with E-state index in [0.717, 1.165) is 6.54 Å². The quantitative estimate of drug-likeness (QED) is 0.841. The summed E-state index contributed by atoms with van der Waals surface area (Å²) in [7, 11) is 0. The van der Waals surface area contributed by atoms with Crippen LogP contribution in [0.5, 0.6) is 0 Å². The fourth-order valence-electron chi connectivity index (χ4n) is 1.43. The Balaban J connectivity index is 1.83. The number of hydrogen-bond donors (Lipinski definition) is 2. The average molecular weight is 266 g/mol. The second kappa shape index (κ2) is 5.97. The standard InChI is InChI=1S/C12H18N4OS/c1-8(2)13-7-11-15-16-12(17-11)14-6-10-5-4-9(3)18-10/h4-5,8,13H,6-7H2,1-3H3,(H,14,16). The molecule has 0 amide bonds. The van der Waals surface area contributed by atoms with Gasteiger partial charge in [-0.15, -0.1) is 16.4 Å². The normalized spacial score (nSPS) is 11.1. The molecular weight excluding hydrogens is 248 g/mol. The first-order valence-corrected chi connectivity index (χ1v) is 6.80. The van der Waals surface area contributed by atoms with Crippen LogP contribution < -0.4 is 10.6 Å². The van der Waals surface area contributed by atoms with E-state index in [1.54, 1.807) is 11.3 Å². The first-order valence-electron chi connectivity index (χ1n) is 5.98. The number of nitrogens with one attached hydrogen (secondary N) is 2. The third kappa shape index (κ3) is 3.82. The third-order valence-electron chi connectivity index (χ3n) is 2.34. The van der Waals surface area contributed by atoms with E-state index in [1.807, 2.05) is 0 Å². The van der Waals surface area contributed by atoms with E-state index < -0.39 is 0 Å². The Morgan fingerprint density at radius 3 is 2.78 bits per heavy atom. The van der Waals surface area contributed by atoms with Gasteiger partial charge in [0.05, 0.1) is 13.1 Å². The van der Waals surface area contributed by atoms with Crippen LogP contribution in [0.4, 0.5) is 6.01 Å². The molecule has 2 heterocycles. The van der Waals surface area contributed by atoms with Gasteiger partial charge in [-0.2, -0.15) is 0 Å². The molecule has 6 heteroatoms. The molecule has 0 atom stereocenters. The number of aryl methyl sites for hydroxylation is 1. The smallest absolute Gasteiger partial charge is 0.315 e. The van der Waals surface area contributed by atoms with Gasteiger partial charge >= 0.3 is 6.01 Å². The number of nitrogens with zero attached hydrogens (tertiary/aromatic N) is 2. The molecule has 0 aliphatic rings. The molecule has 0 aliphatic carbocycles. The van der Waals surface area contributed by atoms with Crippen LogP contribution in [0.25, 0.3) is 0 Å². The Morgan fingerprint density at radius 1 is 1.28 bits per heavy atom.